The van der Waals surface area contributed by atoms with E-state index in [1.54, 1.807) is 32.1 Å². The summed E-state index contributed by atoms with van der Waals surface area (Å²) in [6.07, 6.45) is 2.91. The topological polar surface area (TPSA) is 100 Å². The number of esters is 1. The highest BCUT2D eigenvalue weighted by Gasteiger charge is 2.23. The maximum Gasteiger partial charge on any atom is 0.348 e. The molecule has 0 fully saturated rings. The molecule has 0 bridgehead atoms. The Morgan fingerprint density at radius 3 is 2.44 bits per heavy atom. The van der Waals surface area contributed by atoms with Crippen molar-refractivity contribution in [1.29, 1.82) is 10.5 Å². The van der Waals surface area contributed by atoms with Crippen molar-refractivity contribution < 1.29 is 19.1 Å². The van der Waals surface area contributed by atoms with Crippen LogP contribution in [0.25, 0.3) is 6.08 Å². The molecule has 1 aromatic heterocycles. The number of benzene rings is 1. The van der Waals surface area contributed by atoms with E-state index in [-0.39, 0.29) is 29.0 Å². The second kappa shape index (κ2) is 11.8. The summed E-state index contributed by atoms with van der Waals surface area (Å²) in [5.74, 6) is -0.416. The SMILES string of the molecule is C=CCOc1c(Br)cc(/C=C(\C#N)C(=O)Cc2sc(C(=O)OCC)c(C)c2C#N)cc1Br. The average Bonchev–Trinajstić information content (AvgIpc) is 3.06. The summed E-state index contributed by atoms with van der Waals surface area (Å²) in [5, 5.41) is 19.1. The number of ketones is 1. The number of carbonyl (C=O) groups is 2. The van der Waals surface area contributed by atoms with Gasteiger partial charge in [0.15, 0.2) is 5.78 Å². The van der Waals surface area contributed by atoms with Gasteiger partial charge in [-0.1, -0.05) is 12.7 Å². The van der Waals surface area contributed by atoms with Crippen molar-refractivity contribution in [2.75, 3.05) is 13.2 Å². The number of hydrogen-bond donors (Lipinski definition) is 0. The van der Waals surface area contributed by atoms with Gasteiger partial charge in [-0.05, 0) is 75.0 Å². The fourth-order valence-electron chi connectivity index (χ4n) is 2.76. The van der Waals surface area contributed by atoms with Gasteiger partial charge in [-0.3, -0.25) is 4.79 Å². The van der Waals surface area contributed by atoms with E-state index in [1.165, 1.54) is 6.08 Å². The fraction of sp³-hybridized carbons (Fsp3) is 0.217. The van der Waals surface area contributed by atoms with E-state index in [0.717, 1.165) is 11.3 Å². The number of rotatable bonds is 9. The molecule has 32 heavy (non-hydrogen) atoms. The minimum atomic E-state index is -0.533. The molecule has 9 heteroatoms. The third-order valence-corrected chi connectivity index (χ3v) is 6.66. The van der Waals surface area contributed by atoms with Crippen molar-refractivity contribution in [1.82, 2.24) is 0 Å². The standard InChI is InChI=1S/C23H18Br2N2O4S/c1-4-6-31-21-17(24)8-14(9-18(21)25)7-15(11-26)19(28)10-20-16(12-27)13(3)22(32-20)23(29)30-5-2/h4,7-9H,1,5-6,10H2,2-3H3/b15-7+. The highest BCUT2D eigenvalue weighted by atomic mass is 79.9. The van der Waals surface area contributed by atoms with Crippen molar-refractivity contribution in [2.45, 2.75) is 20.3 Å². The lowest BCUT2D eigenvalue weighted by molar-refractivity contribution is -0.114. The molecule has 0 aliphatic carbocycles. The summed E-state index contributed by atoms with van der Waals surface area (Å²) in [6.45, 7) is 7.47. The number of carbonyl (C=O) groups excluding carboxylic acids is 2. The molecular weight excluding hydrogens is 560 g/mol. The van der Waals surface area contributed by atoms with Gasteiger partial charge in [0.1, 0.15) is 29.4 Å². The molecule has 0 saturated carbocycles. The van der Waals surface area contributed by atoms with Crippen LogP contribution >= 0.6 is 43.2 Å². The van der Waals surface area contributed by atoms with Crippen LogP contribution in [0.1, 0.15) is 38.2 Å². The molecule has 164 valence electrons. The van der Waals surface area contributed by atoms with Crippen molar-refractivity contribution >= 4 is 61.0 Å². The smallest absolute Gasteiger partial charge is 0.348 e. The van der Waals surface area contributed by atoms with Crippen LogP contribution in [0.15, 0.2) is 39.3 Å². The van der Waals surface area contributed by atoms with Gasteiger partial charge >= 0.3 is 5.97 Å². The molecule has 0 aliphatic heterocycles. The predicted molar refractivity (Wildman–Crippen MR) is 130 cm³/mol. The lowest BCUT2D eigenvalue weighted by Crippen LogP contribution is -2.05. The Bertz CT molecular complexity index is 1160. The number of hydrogen-bond acceptors (Lipinski definition) is 7. The monoisotopic (exact) mass is 576 g/mol. The first kappa shape index (κ1) is 25.5. The molecule has 2 rings (SSSR count). The van der Waals surface area contributed by atoms with Crippen LogP contribution in [0.4, 0.5) is 0 Å². The van der Waals surface area contributed by atoms with Gasteiger partial charge in [0.05, 0.1) is 26.7 Å². The zero-order valence-electron chi connectivity index (χ0n) is 17.3. The fourth-order valence-corrected chi connectivity index (χ4v) is 5.36. The summed E-state index contributed by atoms with van der Waals surface area (Å²) in [7, 11) is 0. The molecule has 0 radical (unpaired) electrons. The Kier molecular flexibility index (Phi) is 9.40. The van der Waals surface area contributed by atoms with E-state index >= 15 is 0 Å². The van der Waals surface area contributed by atoms with Gasteiger partial charge in [-0.15, -0.1) is 11.3 Å². The molecule has 0 saturated heterocycles. The first-order valence-corrected chi connectivity index (χ1v) is 11.7. The molecule has 0 aliphatic rings. The zero-order valence-corrected chi connectivity index (χ0v) is 21.3. The maximum absolute atomic E-state index is 12.8. The van der Waals surface area contributed by atoms with E-state index in [9.17, 15) is 20.1 Å². The molecule has 0 atom stereocenters. The molecule has 0 spiro atoms. The Balaban J connectivity index is 2.35. The quantitative estimate of drug-likeness (QED) is 0.159. The largest absolute Gasteiger partial charge is 0.487 e. The zero-order chi connectivity index (χ0) is 23.8. The number of ether oxygens (including phenoxy) is 2. The number of halogens is 2. The lowest BCUT2D eigenvalue weighted by Gasteiger charge is -2.09. The second-order valence-electron chi connectivity index (χ2n) is 6.37. The van der Waals surface area contributed by atoms with Gasteiger partial charge in [0.2, 0.25) is 0 Å². The molecular formula is C23H18Br2N2O4S. The molecule has 2 aromatic rings. The van der Waals surface area contributed by atoms with E-state index < -0.39 is 11.8 Å². The van der Waals surface area contributed by atoms with E-state index in [2.05, 4.69) is 38.4 Å². The van der Waals surface area contributed by atoms with Gasteiger partial charge < -0.3 is 9.47 Å². The van der Waals surface area contributed by atoms with Crippen LogP contribution < -0.4 is 4.74 Å². The Morgan fingerprint density at radius 2 is 1.91 bits per heavy atom. The first-order chi connectivity index (χ1) is 15.3. The number of nitriles is 2. The molecule has 0 N–H and O–H groups in total. The Morgan fingerprint density at radius 1 is 1.25 bits per heavy atom. The number of Topliss-reactive ketones (excluding diaryl/α,β-unsaturated/α-hetero) is 1. The van der Waals surface area contributed by atoms with Crippen LogP contribution in [0.5, 0.6) is 5.75 Å². The van der Waals surface area contributed by atoms with Crippen LogP contribution in [0, 0.1) is 29.6 Å². The Labute approximate surface area is 207 Å². The summed E-state index contributed by atoms with van der Waals surface area (Å²) >= 11 is 7.89. The normalized spacial score (nSPS) is 10.8. The minimum Gasteiger partial charge on any atom is -0.487 e. The van der Waals surface area contributed by atoms with Gasteiger partial charge in [0.25, 0.3) is 0 Å². The minimum absolute atomic E-state index is 0.0730. The van der Waals surface area contributed by atoms with Crippen LogP contribution in [0.3, 0.4) is 0 Å². The number of thiophene rings is 1. The Hall–Kier alpha value is -2.72. The molecule has 1 aromatic carbocycles. The number of allylic oxidation sites excluding steroid dienone is 1. The summed E-state index contributed by atoms with van der Waals surface area (Å²) < 4.78 is 11.9. The third kappa shape index (κ3) is 5.95. The van der Waals surface area contributed by atoms with Crippen LogP contribution in [-0.2, 0) is 16.0 Å². The lowest BCUT2D eigenvalue weighted by atomic mass is 10.0. The highest BCUT2D eigenvalue weighted by Crippen LogP contribution is 2.35. The average molecular weight is 578 g/mol. The van der Waals surface area contributed by atoms with E-state index in [0.29, 0.717) is 37.3 Å². The molecule has 0 unspecified atom stereocenters. The van der Waals surface area contributed by atoms with Gasteiger partial charge in [-0.25, -0.2) is 4.79 Å². The maximum atomic E-state index is 12.8. The summed E-state index contributed by atoms with van der Waals surface area (Å²) in [6, 6.07) is 7.42. The van der Waals surface area contributed by atoms with Crippen molar-refractivity contribution in [3.8, 4) is 17.9 Å². The van der Waals surface area contributed by atoms with Gasteiger partial charge in [0, 0.05) is 11.3 Å². The third-order valence-electron chi connectivity index (χ3n) is 4.21. The first-order valence-electron chi connectivity index (χ1n) is 9.34. The van der Waals surface area contributed by atoms with E-state index in [1.807, 2.05) is 12.1 Å². The van der Waals surface area contributed by atoms with Crippen molar-refractivity contribution in [3.05, 3.63) is 65.8 Å². The molecule has 6 nitrogen and oxygen atoms in total. The summed E-state index contributed by atoms with van der Waals surface area (Å²) in [4.78, 5) is 25.7. The summed E-state index contributed by atoms with van der Waals surface area (Å²) in [5.41, 5.74) is 1.27. The number of nitrogens with zero attached hydrogens (tertiary/aromatic N) is 2. The van der Waals surface area contributed by atoms with Crippen LogP contribution in [0.2, 0.25) is 0 Å². The van der Waals surface area contributed by atoms with Gasteiger partial charge in [-0.2, -0.15) is 10.5 Å². The second-order valence-corrected chi connectivity index (χ2v) is 9.18. The van der Waals surface area contributed by atoms with Crippen molar-refractivity contribution in [3.63, 3.8) is 0 Å². The molecule has 0 amide bonds. The highest BCUT2D eigenvalue weighted by molar-refractivity contribution is 9.11. The van der Waals surface area contributed by atoms with Crippen LogP contribution in [-0.4, -0.2) is 25.0 Å². The predicted octanol–water partition coefficient (Wildman–Crippen LogP) is 5.91. The molecule has 1 heterocycles. The van der Waals surface area contributed by atoms with E-state index in [4.69, 9.17) is 9.47 Å². The van der Waals surface area contributed by atoms with Crippen molar-refractivity contribution in [2.24, 2.45) is 0 Å².